The molecule has 5 heteroatoms. The summed E-state index contributed by atoms with van der Waals surface area (Å²) in [5.74, 6) is 0.587. The summed E-state index contributed by atoms with van der Waals surface area (Å²) in [6, 6.07) is 5.20. The van der Waals surface area contributed by atoms with Gasteiger partial charge in [0.1, 0.15) is 5.82 Å². The van der Waals surface area contributed by atoms with Crippen LogP contribution in [0.15, 0.2) is 28.9 Å². The number of halogens is 2. The number of aryl methyl sites for hydroxylation is 1. The van der Waals surface area contributed by atoms with Crippen LogP contribution in [0.3, 0.4) is 0 Å². The summed E-state index contributed by atoms with van der Waals surface area (Å²) in [7, 11) is 0. The molecule has 1 aliphatic carbocycles. The van der Waals surface area contributed by atoms with Crippen LogP contribution in [-0.2, 0) is 0 Å². The first-order valence-corrected chi connectivity index (χ1v) is 7.71. The Hall–Kier alpha value is -1.36. The van der Waals surface area contributed by atoms with E-state index in [0.29, 0.717) is 6.04 Å². The van der Waals surface area contributed by atoms with E-state index >= 15 is 0 Å². The molecule has 3 rings (SSSR count). The molecule has 0 unspecified atom stereocenters. The van der Waals surface area contributed by atoms with Crippen molar-refractivity contribution >= 4 is 21.9 Å². The molecule has 106 valence electrons. The second-order valence-electron chi connectivity index (χ2n) is 5.30. The number of anilines is 1. The summed E-state index contributed by atoms with van der Waals surface area (Å²) >= 11 is 3.42. The second kappa shape index (κ2) is 5.56. The molecule has 0 radical (unpaired) electrons. The predicted octanol–water partition coefficient (Wildman–Crippen LogP) is 4.44. The lowest BCUT2D eigenvalue weighted by Crippen LogP contribution is -2.17. The fourth-order valence-electron chi connectivity index (χ4n) is 2.71. The Bertz CT molecular complexity index is 618. The van der Waals surface area contributed by atoms with Crippen molar-refractivity contribution in [2.75, 3.05) is 5.32 Å². The van der Waals surface area contributed by atoms with Gasteiger partial charge in [-0.15, -0.1) is 0 Å². The molecule has 3 nitrogen and oxygen atoms in total. The van der Waals surface area contributed by atoms with Gasteiger partial charge in [-0.25, -0.2) is 9.37 Å². The third-order valence-corrected chi connectivity index (χ3v) is 4.32. The average Bonchev–Trinajstić information content (AvgIpc) is 3.00. The first-order valence-electron chi connectivity index (χ1n) is 6.91. The fraction of sp³-hybridized carbons (Fsp3) is 0.400. The number of rotatable bonds is 3. The van der Waals surface area contributed by atoms with Crippen LogP contribution in [0, 0.1) is 12.7 Å². The van der Waals surface area contributed by atoms with Crippen LogP contribution >= 0.6 is 15.9 Å². The lowest BCUT2D eigenvalue weighted by Gasteiger charge is -2.15. The van der Waals surface area contributed by atoms with Gasteiger partial charge in [0, 0.05) is 16.7 Å². The lowest BCUT2D eigenvalue weighted by atomic mass is 10.2. The SMILES string of the molecule is Cc1cn(-c2ccc(F)cc2Br)c(NC2CCCC2)n1. The van der Waals surface area contributed by atoms with Gasteiger partial charge in [-0.05, 0) is 53.9 Å². The summed E-state index contributed by atoms with van der Waals surface area (Å²) in [6.07, 6.45) is 6.90. The molecule has 1 saturated carbocycles. The molecule has 0 amide bonds. The standard InChI is InChI=1S/C15H17BrFN3/c1-10-9-20(14-7-6-11(17)8-13(14)16)15(18-10)19-12-4-2-3-5-12/h6-9,12H,2-5H2,1H3,(H,18,19). The molecule has 0 aliphatic heterocycles. The van der Waals surface area contributed by atoms with E-state index in [9.17, 15) is 4.39 Å². The van der Waals surface area contributed by atoms with Gasteiger partial charge >= 0.3 is 0 Å². The van der Waals surface area contributed by atoms with E-state index in [0.717, 1.165) is 21.8 Å². The molecule has 1 aromatic carbocycles. The third kappa shape index (κ3) is 2.73. The van der Waals surface area contributed by atoms with Crippen LogP contribution < -0.4 is 5.32 Å². The molecule has 1 fully saturated rings. The normalized spacial score (nSPS) is 15.8. The maximum atomic E-state index is 13.2. The molecule has 2 aromatic rings. The van der Waals surface area contributed by atoms with Crippen molar-refractivity contribution in [3.63, 3.8) is 0 Å². The average molecular weight is 338 g/mol. The van der Waals surface area contributed by atoms with Gasteiger partial charge in [-0.2, -0.15) is 0 Å². The summed E-state index contributed by atoms with van der Waals surface area (Å²) in [5.41, 5.74) is 1.84. The quantitative estimate of drug-likeness (QED) is 0.897. The van der Waals surface area contributed by atoms with E-state index in [-0.39, 0.29) is 5.82 Å². The molecule has 0 atom stereocenters. The van der Waals surface area contributed by atoms with Crippen molar-refractivity contribution in [2.45, 2.75) is 38.6 Å². The van der Waals surface area contributed by atoms with E-state index in [4.69, 9.17) is 0 Å². The van der Waals surface area contributed by atoms with Gasteiger partial charge in [-0.1, -0.05) is 12.8 Å². The van der Waals surface area contributed by atoms with Crippen molar-refractivity contribution < 1.29 is 4.39 Å². The number of imidazole rings is 1. The van der Waals surface area contributed by atoms with E-state index < -0.39 is 0 Å². The van der Waals surface area contributed by atoms with Crippen LogP contribution in [0.1, 0.15) is 31.4 Å². The molecular formula is C15H17BrFN3. The number of benzene rings is 1. The smallest absolute Gasteiger partial charge is 0.207 e. The van der Waals surface area contributed by atoms with Crippen molar-refractivity contribution in [3.8, 4) is 5.69 Å². The van der Waals surface area contributed by atoms with Gasteiger partial charge in [0.2, 0.25) is 5.95 Å². The Morgan fingerprint density at radius 1 is 1.35 bits per heavy atom. The van der Waals surface area contributed by atoms with Crippen LogP contribution in [0.2, 0.25) is 0 Å². The minimum atomic E-state index is -0.247. The molecule has 0 saturated heterocycles. The third-order valence-electron chi connectivity index (χ3n) is 3.68. The highest BCUT2D eigenvalue weighted by Crippen LogP contribution is 2.28. The van der Waals surface area contributed by atoms with Gasteiger partial charge in [0.25, 0.3) is 0 Å². The molecular weight excluding hydrogens is 321 g/mol. The minimum absolute atomic E-state index is 0.247. The van der Waals surface area contributed by atoms with Crippen molar-refractivity contribution in [1.29, 1.82) is 0 Å². The largest absolute Gasteiger partial charge is 0.353 e. The van der Waals surface area contributed by atoms with Crippen molar-refractivity contribution in [1.82, 2.24) is 9.55 Å². The monoisotopic (exact) mass is 337 g/mol. The van der Waals surface area contributed by atoms with Crippen LogP contribution in [0.5, 0.6) is 0 Å². The highest BCUT2D eigenvalue weighted by atomic mass is 79.9. The predicted molar refractivity (Wildman–Crippen MR) is 81.8 cm³/mol. The zero-order chi connectivity index (χ0) is 14.1. The number of hydrogen-bond acceptors (Lipinski definition) is 2. The topological polar surface area (TPSA) is 29.9 Å². The van der Waals surface area contributed by atoms with Gasteiger partial charge in [0.15, 0.2) is 0 Å². The number of hydrogen-bond donors (Lipinski definition) is 1. The van der Waals surface area contributed by atoms with Crippen LogP contribution in [-0.4, -0.2) is 15.6 Å². The maximum Gasteiger partial charge on any atom is 0.207 e. The lowest BCUT2D eigenvalue weighted by molar-refractivity contribution is 0.626. The summed E-state index contributed by atoms with van der Waals surface area (Å²) in [4.78, 5) is 4.55. The molecule has 20 heavy (non-hydrogen) atoms. The van der Waals surface area contributed by atoms with E-state index in [1.165, 1.54) is 37.8 Å². The van der Waals surface area contributed by atoms with E-state index in [2.05, 4.69) is 26.2 Å². The number of aromatic nitrogens is 2. The minimum Gasteiger partial charge on any atom is -0.353 e. The van der Waals surface area contributed by atoms with Crippen molar-refractivity contribution in [3.05, 3.63) is 40.4 Å². The van der Waals surface area contributed by atoms with Crippen LogP contribution in [0.4, 0.5) is 10.3 Å². The van der Waals surface area contributed by atoms with Gasteiger partial charge in [-0.3, -0.25) is 4.57 Å². The van der Waals surface area contributed by atoms with Crippen LogP contribution in [0.25, 0.3) is 5.69 Å². The zero-order valence-corrected chi connectivity index (χ0v) is 13.0. The maximum absolute atomic E-state index is 13.2. The first kappa shape index (κ1) is 13.6. The molecule has 1 aliphatic rings. The Labute approximate surface area is 126 Å². The summed E-state index contributed by atoms with van der Waals surface area (Å²) in [6.45, 7) is 1.97. The van der Waals surface area contributed by atoms with E-state index in [1.54, 1.807) is 6.07 Å². The van der Waals surface area contributed by atoms with Crippen molar-refractivity contribution in [2.24, 2.45) is 0 Å². The first-order chi connectivity index (χ1) is 9.63. The molecule has 1 N–H and O–H groups in total. The molecule has 0 bridgehead atoms. The fourth-order valence-corrected chi connectivity index (χ4v) is 3.25. The summed E-state index contributed by atoms with van der Waals surface area (Å²) in [5, 5.41) is 3.51. The van der Waals surface area contributed by atoms with Gasteiger partial charge < -0.3 is 5.32 Å². The second-order valence-corrected chi connectivity index (χ2v) is 6.15. The number of nitrogens with zero attached hydrogens (tertiary/aromatic N) is 2. The van der Waals surface area contributed by atoms with E-state index in [1.807, 2.05) is 17.7 Å². The highest BCUT2D eigenvalue weighted by molar-refractivity contribution is 9.10. The zero-order valence-electron chi connectivity index (χ0n) is 11.4. The molecule has 0 spiro atoms. The molecule has 1 aromatic heterocycles. The Kier molecular flexibility index (Phi) is 3.78. The highest BCUT2D eigenvalue weighted by Gasteiger charge is 2.18. The van der Waals surface area contributed by atoms with Gasteiger partial charge in [0.05, 0.1) is 11.4 Å². The Balaban J connectivity index is 1.95. The number of nitrogens with one attached hydrogen (secondary N) is 1. The molecule has 1 heterocycles. The summed E-state index contributed by atoms with van der Waals surface area (Å²) < 4.78 is 15.9. The Morgan fingerprint density at radius 2 is 2.10 bits per heavy atom. The Morgan fingerprint density at radius 3 is 2.80 bits per heavy atom.